The van der Waals surface area contributed by atoms with E-state index >= 15 is 0 Å². The minimum absolute atomic E-state index is 0.0712. The zero-order valence-corrected chi connectivity index (χ0v) is 14.2. The summed E-state index contributed by atoms with van der Waals surface area (Å²) in [4.78, 5) is 2.42. The van der Waals surface area contributed by atoms with Gasteiger partial charge in [-0.2, -0.15) is 0 Å². The van der Waals surface area contributed by atoms with Crippen molar-refractivity contribution in [3.63, 3.8) is 0 Å². The Bertz CT molecular complexity index is 466. The Morgan fingerprint density at radius 3 is 2.67 bits per heavy atom. The van der Waals surface area contributed by atoms with Crippen molar-refractivity contribution in [2.24, 2.45) is 11.7 Å². The normalized spacial score (nSPS) is 18.0. The van der Waals surface area contributed by atoms with E-state index in [2.05, 4.69) is 11.8 Å². The van der Waals surface area contributed by atoms with Crippen LogP contribution in [0.5, 0.6) is 0 Å². The molecular weight excluding hydrogens is 307 g/mol. The largest absolute Gasteiger partial charge is 0.383 e. The molecule has 0 bridgehead atoms. The molecule has 1 aliphatic carbocycles. The number of hydrogen-bond donors (Lipinski definition) is 1. The van der Waals surface area contributed by atoms with Crippen molar-refractivity contribution in [3.05, 3.63) is 33.8 Å². The Hall–Kier alpha value is -0.320. The van der Waals surface area contributed by atoms with E-state index in [1.165, 1.54) is 12.8 Å². The van der Waals surface area contributed by atoms with Gasteiger partial charge in [0.05, 0.1) is 6.61 Å². The van der Waals surface area contributed by atoms with Gasteiger partial charge in [0.2, 0.25) is 0 Å². The lowest BCUT2D eigenvalue weighted by Crippen LogP contribution is -2.43. The molecule has 0 aliphatic heterocycles. The number of methoxy groups -OCH3 is 1. The highest BCUT2D eigenvalue weighted by atomic mass is 35.5. The smallest absolute Gasteiger partial charge is 0.0590 e. The van der Waals surface area contributed by atoms with Crippen molar-refractivity contribution in [2.45, 2.75) is 31.8 Å². The van der Waals surface area contributed by atoms with Crippen LogP contribution in [0.25, 0.3) is 0 Å². The Kier molecular flexibility index (Phi) is 6.33. The number of halogens is 2. The van der Waals surface area contributed by atoms with Gasteiger partial charge in [0.15, 0.2) is 0 Å². The maximum atomic E-state index is 6.38. The molecule has 1 aromatic carbocycles. The highest BCUT2D eigenvalue weighted by Crippen LogP contribution is 2.39. The summed E-state index contributed by atoms with van der Waals surface area (Å²) >= 11 is 12.5. The molecule has 1 fully saturated rings. The molecule has 0 amide bonds. The van der Waals surface area contributed by atoms with Gasteiger partial charge in [-0.15, -0.1) is 0 Å². The van der Waals surface area contributed by atoms with Crippen molar-refractivity contribution >= 4 is 23.2 Å². The first-order chi connectivity index (χ1) is 10.1. The second-order valence-corrected chi connectivity index (χ2v) is 6.57. The average Bonchev–Trinajstić information content (AvgIpc) is 3.30. The minimum Gasteiger partial charge on any atom is -0.383 e. The van der Waals surface area contributed by atoms with Crippen molar-refractivity contribution in [2.75, 3.05) is 26.8 Å². The number of nitrogens with two attached hydrogens (primary N) is 1. The molecular formula is C16H24Cl2N2O. The van der Waals surface area contributed by atoms with E-state index in [4.69, 9.17) is 33.7 Å². The molecule has 2 atom stereocenters. The topological polar surface area (TPSA) is 38.5 Å². The first-order valence-corrected chi connectivity index (χ1v) is 8.23. The van der Waals surface area contributed by atoms with Gasteiger partial charge in [0.1, 0.15) is 0 Å². The van der Waals surface area contributed by atoms with Crippen LogP contribution in [0.3, 0.4) is 0 Å². The number of benzene rings is 1. The molecule has 2 unspecified atom stereocenters. The first-order valence-electron chi connectivity index (χ1n) is 7.48. The number of nitrogens with zero attached hydrogens (tertiary/aromatic N) is 1. The fourth-order valence-electron chi connectivity index (χ4n) is 2.90. The van der Waals surface area contributed by atoms with Crippen LogP contribution in [0.2, 0.25) is 10.0 Å². The summed E-state index contributed by atoms with van der Waals surface area (Å²) in [5.41, 5.74) is 7.08. The highest BCUT2D eigenvalue weighted by Gasteiger charge is 2.35. The Labute approximate surface area is 137 Å². The van der Waals surface area contributed by atoms with E-state index in [9.17, 15) is 0 Å². The van der Waals surface area contributed by atoms with Crippen LogP contribution in [0.4, 0.5) is 0 Å². The summed E-state index contributed by atoms with van der Waals surface area (Å²) in [6.07, 6.45) is 2.59. The lowest BCUT2D eigenvalue weighted by molar-refractivity contribution is 0.0835. The standard InChI is InChI=1S/C16H24Cl2N2O/c1-11(12-3-4-12)20(7-8-21-2)16(10-19)14-9-13(17)5-6-15(14)18/h5-6,9,11-12,16H,3-4,7-8,10,19H2,1-2H3. The molecule has 0 heterocycles. The third-order valence-corrected chi connectivity index (χ3v) is 4.90. The molecule has 0 aromatic heterocycles. The van der Waals surface area contributed by atoms with Crippen molar-refractivity contribution in [3.8, 4) is 0 Å². The second kappa shape index (κ2) is 7.80. The van der Waals surface area contributed by atoms with E-state index in [1.54, 1.807) is 7.11 Å². The summed E-state index contributed by atoms with van der Waals surface area (Å²) in [7, 11) is 1.73. The molecule has 1 aliphatic rings. The van der Waals surface area contributed by atoms with Crippen LogP contribution in [0.1, 0.15) is 31.4 Å². The van der Waals surface area contributed by atoms with E-state index in [-0.39, 0.29) is 6.04 Å². The Morgan fingerprint density at radius 2 is 2.10 bits per heavy atom. The third-order valence-electron chi connectivity index (χ3n) is 4.32. The summed E-state index contributed by atoms with van der Waals surface area (Å²) in [6.45, 7) is 4.32. The summed E-state index contributed by atoms with van der Waals surface area (Å²) in [5, 5.41) is 1.42. The van der Waals surface area contributed by atoms with Crippen molar-refractivity contribution in [1.29, 1.82) is 0 Å². The van der Waals surface area contributed by atoms with Gasteiger partial charge < -0.3 is 10.5 Å². The van der Waals surface area contributed by atoms with Crippen LogP contribution in [0, 0.1) is 5.92 Å². The molecule has 118 valence electrons. The number of hydrogen-bond acceptors (Lipinski definition) is 3. The molecule has 3 nitrogen and oxygen atoms in total. The van der Waals surface area contributed by atoms with Crippen LogP contribution in [0.15, 0.2) is 18.2 Å². The van der Waals surface area contributed by atoms with Crippen molar-refractivity contribution in [1.82, 2.24) is 4.90 Å². The van der Waals surface area contributed by atoms with Gasteiger partial charge in [-0.1, -0.05) is 23.2 Å². The minimum atomic E-state index is 0.0712. The maximum absolute atomic E-state index is 6.38. The SMILES string of the molecule is COCCN(C(CN)c1cc(Cl)ccc1Cl)C(C)C1CC1. The molecule has 2 rings (SSSR count). The van der Waals surface area contributed by atoms with E-state index < -0.39 is 0 Å². The van der Waals surface area contributed by atoms with Crippen LogP contribution in [-0.2, 0) is 4.74 Å². The molecule has 1 saturated carbocycles. The average molecular weight is 331 g/mol. The first kappa shape index (κ1) is 17.0. The zero-order valence-electron chi connectivity index (χ0n) is 12.7. The molecule has 2 N–H and O–H groups in total. The lowest BCUT2D eigenvalue weighted by Gasteiger charge is -2.36. The summed E-state index contributed by atoms with van der Waals surface area (Å²) in [5.74, 6) is 0.758. The third kappa shape index (κ3) is 4.33. The predicted octanol–water partition coefficient (Wildman–Crippen LogP) is 3.74. The predicted molar refractivity (Wildman–Crippen MR) is 89.0 cm³/mol. The molecule has 0 spiro atoms. The van der Waals surface area contributed by atoms with E-state index in [0.717, 1.165) is 23.0 Å². The fraction of sp³-hybridized carbons (Fsp3) is 0.625. The van der Waals surface area contributed by atoms with Crippen LogP contribution < -0.4 is 5.73 Å². The van der Waals surface area contributed by atoms with Gasteiger partial charge in [0, 0.05) is 42.3 Å². The molecule has 5 heteroatoms. The van der Waals surface area contributed by atoms with E-state index in [1.807, 2.05) is 18.2 Å². The second-order valence-electron chi connectivity index (χ2n) is 5.73. The number of rotatable bonds is 8. The van der Waals surface area contributed by atoms with Gasteiger partial charge in [-0.25, -0.2) is 0 Å². The van der Waals surface area contributed by atoms with Gasteiger partial charge in [0.25, 0.3) is 0 Å². The van der Waals surface area contributed by atoms with Gasteiger partial charge in [-0.3, -0.25) is 4.90 Å². The quantitative estimate of drug-likeness (QED) is 0.789. The van der Waals surface area contributed by atoms with Gasteiger partial charge >= 0.3 is 0 Å². The number of ether oxygens (including phenoxy) is 1. The summed E-state index contributed by atoms with van der Waals surface area (Å²) < 4.78 is 5.27. The summed E-state index contributed by atoms with van der Waals surface area (Å²) in [6, 6.07) is 6.13. The fourth-order valence-corrected chi connectivity index (χ4v) is 3.32. The maximum Gasteiger partial charge on any atom is 0.0590 e. The van der Waals surface area contributed by atoms with Gasteiger partial charge in [-0.05, 0) is 49.4 Å². The van der Waals surface area contributed by atoms with Crippen LogP contribution in [-0.4, -0.2) is 37.7 Å². The molecule has 21 heavy (non-hydrogen) atoms. The highest BCUT2D eigenvalue weighted by molar-refractivity contribution is 6.33. The molecule has 0 saturated heterocycles. The lowest BCUT2D eigenvalue weighted by atomic mass is 10.0. The Morgan fingerprint density at radius 1 is 1.38 bits per heavy atom. The van der Waals surface area contributed by atoms with Crippen molar-refractivity contribution < 1.29 is 4.74 Å². The monoisotopic (exact) mass is 330 g/mol. The van der Waals surface area contributed by atoms with Crippen LogP contribution >= 0.6 is 23.2 Å². The van der Waals surface area contributed by atoms with E-state index in [0.29, 0.717) is 24.2 Å². The molecule has 0 radical (unpaired) electrons. The molecule has 1 aromatic rings. The Balaban J connectivity index is 2.26. The zero-order chi connectivity index (χ0) is 15.4.